The molecule has 0 saturated carbocycles. The lowest BCUT2D eigenvalue weighted by molar-refractivity contribution is -0.151. The molecule has 0 N–H and O–H groups in total. The van der Waals surface area contributed by atoms with Crippen molar-refractivity contribution in [3.63, 3.8) is 0 Å². The lowest BCUT2D eigenvalue weighted by Crippen LogP contribution is -2.34. The Kier molecular flexibility index (Phi) is 6.14. The minimum absolute atomic E-state index is 0.227. The fourth-order valence-electron chi connectivity index (χ4n) is 3.75. The number of allylic oxidation sites excluding steroid dienone is 2. The number of para-hydroxylation sites is 2. The van der Waals surface area contributed by atoms with Gasteiger partial charge in [-0.1, -0.05) is 36.4 Å². The summed E-state index contributed by atoms with van der Waals surface area (Å²) in [4.78, 5) is 25.6. The van der Waals surface area contributed by atoms with Gasteiger partial charge in [0.25, 0.3) is 0 Å². The zero-order chi connectivity index (χ0) is 20.1. The van der Waals surface area contributed by atoms with Crippen LogP contribution < -0.4 is 9.47 Å². The molecule has 2 atom stereocenters. The van der Waals surface area contributed by atoms with E-state index in [0.717, 1.165) is 16.7 Å². The topological polar surface area (TPSA) is 61.8 Å². The number of esters is 1. The van der Waals surface area contributed by atoms with Crippen LogP contribution in [0.3, 0.4) is 0 Å². The Hall–Kier alpha value is -3.08. The smallest absolute Gasteiger partial charge is 0.317 e. The quantitative estimate of drug-likeness (QED) is 0.559. The third-order valence-corrected chi connectivity index (χ3v) is 5.00. The molecule has 0 unspecified atom stereocenters. The Morgan fingerprint density at radius 2 is 1.64 bits per heavy atom. The molecule has 3 rings (SSSR count). The van der Waals surface area contributed by atoms with Crippen LogP contribution >= 0.6 is 0 Å². The normalized spacial score (nSPS) is 19.0. The Morgan fingerprint density at radius 1 is 1.00 bits per heavy atom. The summed E-state index contributed by atoms with van der Waals surface area (Å²) in [6.45, 7) is 1.96. The molecule has 0 spiro atoms. The summed E-state index contributed by atoms with van der Waals surface area (Å²) in [6.07, 6.45) is 2.04. The molecule has 0 saturated heterocycles. The molecule has 28 heavy (non-hydrogen) atoms. The maximum atomic E-state index is 13.0. The predicted molar refractivity (Wildman–Crippen MR) is 106 cm³/mol. The average molecular weight is 380 g/mol. The predicted octanol–water partition coefficient (Wildman–Crippen LogP) is 4.02. The van der Waals surface area contributed by atoms with Crippen molar-refractivity contribution >= 4 is 17.3 Å². The molecule has 2 aromatic rings. The molecule has 0 radical (unpaired) electrons. The van der Waals surface area contributed by atoms with E-state index in [-0.39, 0.29) is 18.3 Å². The first-order valence-corrected chi connectivity index (χ1v) is 9.28. The van der Waals surface area contributed by atoms with Crippen molar-refractivity contribution < 1.29 is 23.8 Å². The highest BCUT2D eigenvalue weighted by Crippen LogP contribution is 2.44. The van der Waals surface area contributed by atoms with Gasteiger partial charge in [-0.2, -0.15) is 0 Å². The fraction of sp³-hybridized carbons (Fsp3) is 0.304. The number of ether oxygens (including phenoxy) is 3. The van der Waals surface area contributed by atoms with Crippen molar-refractivity contribution in [1.82, 2.24) is 0 Å². The summed E-state index contributed by atoms with van der Waals surface area (Å²) in [5, 5.41) is 0. The fourth-order valence-corrected chi connectivity index (χ4v) is 3.75. The standard InChI is InChI=1S/C23H24O5/c1-4-28-23(25)22-18(17-10-6-8-12-21(17)27-3)13-15(14-19(22)24)16-9-5-7-11-20(16)26-2/h5-12,14,18,22H,4,13H2,1-3H3/t18-,22-/m0/s1. The Bertz CT molecular complexity index is 899. The molecule has 0 bridgehead atoms. The molecule has 5 heteroatoms. The Morgan fingerprint density at radius 3 is 2.32 bits per heavy atom. The van der Waals surface area contributed by atoms with E-state index in [4.69, 9.17) is 14.2 Å². The van der Waals surface area contributed by atoms with Gasteiger partial charge in [0.2, 0.25) is 0 Å². The lowest BCUT2D eigenvalue weighted by Gasteiger charge is -2.30. The van der Waals surface area contributed by atoms with Crippen LogP contribution in [-0.2, 0) is 14.3 Å². The van der Waals surface area contributed by atoms with Crippen molar-refractivity contribution in [2.24, 2.45) is 5.92 Å². The van der Waals surface area contributed by atoms with Gasteiger partial charge < -0.3 is 14.2 Å². The molecular weight excluding hydrogens is 356 g/mol. The highest BCUT2D eigenvalue weighted by atomic mass is 16.5. The van der Waals surface area contributed by atoms with Gasteiger partial charge in [0.15, 0.2) is 5.78 Å². The van der Waals surface area contributed by atoms with Crippen molar-refractivity contribution in [2.75, 3.05) is 20.8 Å². The highest BCUT2D eigenvalue weighted by molar-refractivity contribution is 6.11. The largest absolute Gasteiger partial charge is 0.496 e. The van der Waals surface area contributed by atoms with Crippen LogP contribution in [0, 0.1) is 5.92 Å². The molecule has 1 aliphatic carbocycles. The van der Waals surface area contributed by atoms with Gasteiger partial charge in [0, 0.05) is 11.5 Å². The van der Waals surface area contributed by atoms with Crippen LogP contribution in [-0.4, -0.2) is 32.6 Å². The van der Waals surface area contributed by atoms with Gasteiger partial charge in [-0.05, 0) is 42.7 Å². The van der Waals surface area contributed by atoms with Gasteiger partial charge in [-0.25, -0.2) is 0 Å². The van der Waals surface area contributed by atoms with Gasteiger partial charge in [0.1, 0.15) is 17.4 Å². The van der Waals surface area contributed by atoms with Crippen LogP contribution in [0.2, 0.25) is 0 Å². The van der Waals surface area contributed by atoms with E-state index in [1.165, 1.54) is 0 Å². The molecule has 146 valence electrons. The first-order valence-electron chi connectivity index (χ1n) is 9.28. The number of carbonyl (C=O) groups is 2. The second-order valence-corrected chi connectivity index (χ2v) is 6.55. The highest BCUT2D eigenvalue weighted by Gasteiger charge is 2.41. The van der Waals surface area contributed by atoms with Crippen LogP contribution in [0.5, 0.6) is 11.5 Å². The molecular formula is C23H24O5. The zero-order valence-electron chi connectivity index (χ0n) is 16.3. The van der Waals surface area contributed by atoms with E-state index in [2.05, 4.69) is 0 Å². The summed E-state index contributed by atoms with van der Waals surface area (Å²) in [5.74, 6) is -0.701. The monoisotopic (exact) mass is 380 g/mol. The molecule has 5 nitrogen and oxygen atoms in total. The molecule has 0 aliphatic heterocycles. The third kappa shape index (κ3) is 3.79. The summed E-state index contributed by atoms with van der Waals surface area (Å²) in [5.41, 5.74) is 2.50. The zero-order valence-corrected chi connectivity index (χ0v) is 16.3. The number of benzene rings is 2. The summed E-state index contributed by atoms with van der Waals surface area (Å²) >= 11 is 0. The maximum Gasteiger partial charge on any atom is 0.317 e. The molecule has 0 fully saturated rings. The third-order valence-electron chi connectivity index (χ3n) is 5.00. The van der Waals surface area contributed by atoms with E-state index >= 15 is 0 Å². The van der Waals surface area contributed by atoms with Gasteiger partial charge in [0.05, 0.1) is 20.8 Å². The van der Waals surface area contributed by atoms with Crippen molar-refractivity contribution in [2.45, 2.75) is 19.3 Å². The second-order valence-electron chi connectivity index (χ2n) is 6.55. The summed E-state index contributed by atoms with van der Waals surface area (Å²) in [7, 11) is 3.18. The minimum Gasteiger partial charge on any atom is -0.496 e. The van der Waals surface area contributed by atoms with Crippen LogP contribution in [0.25, 0.3) is 5.57 Å². The van der Waals surface area contributed by atoms with Gasteiger partial charge in [-0.15, -0.1) is 0 Å². The number of methoxy groups -OCH3 is 2. The summed E-state index contributed by atoms with van der Waals surface area (Å²) in [6, 6.07) is 15.0. The van der Waals surface area contributed by atoms with Gasteiger partial charge >= 0.3 is 5.97 Å². The average Bonchev–Trinajstić information content (AvgIpc) is 2.73. The number of carbonyl (C=O) groups excluding carboxylic acids is 2. The lowest BCUT2D eigenvalue weighted by atomic mass is 9.73. The van der Waals surface area contributed by atoms with E-state index in [0.29, 0.717) is 17.9 Å². The summed E-state index contributed by atoms with van der Waals surface area (Å²) < 4.78 is 16.2. The SMILES string of the molecule is CCOC(=O)[C@@H]1C(=O)C=C(c2ccccc2OC)C[C@H]1c1ccccc1OC. The first-order chi connectivity index (χ1) is 13.6. The molecule has 2 aromatic carbocycles. The maximum absolute atomic E-state index is 13.0. The molecule has 0 amide bonds. The second kappa shape index (κ2) is 8.74. The molecule has 0 aromatic heterocycles. The van der Waals surface area contributed by atoms with E-state index in [9.17, 15) is 9.59 Å². The van der Waals surface area contributed by atoms with Crippen molar-refractivity contribution in [1.29, 1.82) is 0 Å². The first kappa shape index (κ1) is 19.7. The molecule has 1 aliphatic rings. The Labute approximate surface area is 164 Å². The Balaban J connectivity index is 2.10. The van der Waals surface area contributed by atoms with E-state index in [1.54, 1.807) is 27.2 Å². The van der Waals surface area contributed by atoms with Crippen LogP contribution in [0.15, 0.2) is 54.6 Å². The van der Waals surface area contributed by atoms with E-state index < -0.39 is 11.9 Å². The van der Waals surface area contributed by atoms with Crippen LogP contribution in [0.4, 0.5) is 0 Å². The van der Waals surface area contributed by atoms with Gasteiger partial charge in [-0.3, -0.25) is 9.59 Å². The molecule has 0 heterocycles. The number of hydrogen-bond donors (Lipinski definition) is 0. The van der Waals surface area contributed by atoms with Crippen molar-refractivity contribution in [3.05, 3.63) is 65.7 Å². The van der Waals surface area contributed by atoms with E-state index in [1.807, 2.05) is 48.5 Å². The number of ketones is 1. The van der Waals surface area contributed by atoms with Crippen molar-refractivity contribution in [3.8, 4) is 11.5 Å². The number of rotatable bonds is 6. The minimum atomic E-state index is -0.894. The number of hydrogen-bond acceptors (Lipinski definition) is 5. The van der Waals surface area contributed by atoms with Crippen LogP contribution in [0.1, 0.15) is 30.4 Å².